The van der Waals surface area contributed by atoms with Gasteiger partial charge in [-0.05, 0) is 19.1 Å². The van der Waals surface area contributed by atoms with E-state index in [9.17, 15) is 0 Å². The lowest BCUT2D eigenvalue weighted by molar-refractivity contribution is 1.30. The number of nitrogens with zero attached hydrogens (tertiary/aromatic N) is 2. The van der Waals surface area contributed by atoms with E-state index in [1.807, 2.05) is 31.2 Å². The Bertz CT molecular complexity index is 523. The van der Waals surface area contributed by atoms with Crippen LogP contribution in [0.4, 0.5) is 0 Å². The molecule has 0 amide bonds. The van der Waals surface area contributed by atoms with Crippen LogP contribution < -0.4 is 0 Å². The summed E-state index contributed by atoms with van der Waals surface area (Å²) in [6.45, 7) is 1.92. The van der Waals surface area contributed by atoms with Crippen molar-refractivity contribution >= 4 is 27.3 Å². The van der Waals surface area contributed by atoms with Crippen molar-refractivity contribution in [3.05, 3.63) is 39.3 Å². The highest BCUT2D eigenvalue weighted by Crippen LogP contribution is 2.28. The van der Waals surface area contributed by atoms with Crippen LogP contribution >= 0.6 is 27.3 Å². The Hall–Kier alpha value is -1.18. The van der Waals surface area contributed by atoms with Crippen molar-refractivity contribution in [2.45, 2.75) is 6.92 Å². The summed E-state index contributed by atoms with van der Waals surface area (Å²) in [7, 11) is 0. The van der Waals surface area contributed by atoms with Crippen LogP contribution in [0.15, 0.2) is 28.7 Å². The Morgan fingerprint density at radius 1 is 1.33 bits per heavy atom. The van der Waals surface area contributed by atoms with Crippen molar-refractivity contribution < 1.29 is 0 Å². The van der Waals surface area contributed by atoms with Crippen LogP contribution in [-0.2, 0) is 0 Å². The molecule has 1 heterocycles. The molecule has 0 radical (unpaired) electrons. The van der Waals surface area contributed by atoms with Crippen molar-refractivity contribution in [2.24, 2.45) is 0 Å². The first kappa shape index (κ1) is 10.3. The van der Waals surface area contributed by atoms with E-state index in [1.165, 1.54) is 0 Å². The molecule has 0 unspecified atom stereocenters. The number of aryl methyl sites for hydroxylation is 1. The molecule has 74 valence electrons. The second-order valence-electron chi connectivity index (χ2n) is 3.04. The first-order valence-electron chi connectivity index (χ1n) is 4.34. The van der Waals surface area contributed by atoms with Crippen LogP contribution in [-0.4, -0.2) is 4.98 Å². The van der Waals surface area contributed by atoms with Crippen molar-refractivity contribution in [2.75, 3.05) is 0 Å². The van der Waals surface area contributed by atoms with Gasteiger partial charge in [-0.1, -0.05) is 28.1 Å². The lowest BCUT2D eigenvalue weighted by Gasteiger charge is -1.94. The standard InChI is InChI=1S/C11H7BrN2S/c1-7-10(6-13)14-11(15-7)8-2-4-9(12)5-3-8/h2-5H,1H3. The summed E-state index contributed by atoms with van der Waals surface area (Å²) >= 11 is 4.93. The van der Waals surface area contributed by atoms with E-state index < -0.39 is 0 Å². The Kier molecular flexibility index (Phi) is 2.85. The van der Waals surface area contributed by atoms with E-state index in [-0.39, 0.29) is 0 Å². The van der Waals surface area contributed by atoms with Gasteiger partial charge in [-0.15, -0.1) is 11.3 Å². The topological polar surface area (TPSA) is 36.7 Å². The summed E-state index contributed by atoms with van der Waals surface area (Å²) in [6.07, 6.45) is 0. The third-order valence-electron chi connectivity index (χ3n) is 1.99. The van der Waals surface area contributed by atoms with E-state index in [0.29, 0.717) is 5.69 Å². The number of hydrogen-bond acceptors (Lipinski definition) is 3. The molecule has 0 fully saturated rings. The van der Waals surface area contributed by atoms with Gasteiger partial charge >= 0.3 is 0 Å². The van der Waals surface area contributed by atoms with Crippen LogP contribution in [0, 0.1) is 18.3 Å². The highest BCUT2D eigenvalue weighted by molar-refractivity contribution is 9.10. The van der Waals surface area contributed by atoms with Crippen LogP contribution in [0.2, 0.25) is 0 Å². The average molecular weight is 279 g/mol. The molecule has 0 atom stereocenters. The molecule has 0 saturated carbocycles. The predicted octanol–water partition coefficient (Wildman–Crippen LogP) is 3.75. The molecule has 4 heteroatoms. The molecule has 0 spiro atoms. The number of halogens is 1. The molecule has 1 aromatic heterocycles. The van der Waals surface area contributed by atoms with Crippen LogP contribution in [0.1, 0.15) is 10.6 Å². The zero-order chi connectivity index (χ0) is 10.8. The zero-order valence-electron chi connectivity index (χ0n) is 7.99. The molecule has 0 aliphatic carbocycles. The Labute approximate surface area is 100 Å². The maximum atomic E-state index is 8.81. The molecule has 2 aromatic rings. The first-order chi connectivity index (χ1) is 7.20. The third kappa shape index (κ3) is 2.09. The fraction of sp³-hybridized carbons (Fsp3) is 0.0909. The molecule has 0 saturated heterocycles. The molecule has 0 aliphatic heterocycles. The maximum absolute atomic E-state index is 8.81. The normalized spacial score (nSPS) is 9.93. The van der Waals surface area contributed by atoms with Gasteiger partial charge in [-0.3, -0.25) is 0 Å². The summed E-state index contributed by atoms with van der Waals surface area (Å²) in [5, 5.41) is 9.71. The summed E-state index contributed by atoms with van der Waals surface area (Å²) in [5.74, 6) is 0. The molecule has 0 aliphatic rings. The summed E-state index contributed by atoms with van der Waals surface area (Å²) in [5.41, 5.74) is 1.57. The second-order valence-corrected chi connectivity index (χ2v) is 5.16. The minimum atomic E-state index is 0.526. The van der Waals surface area contributed by atoms with Crippen molar-refractivity contribution in [1.82, 2.24) is 4.98 Å². The predicted molar refractivity (Wildman–Crippen MR) is 64.7 cm³/mol. The van der Waals surface area contributed by atoms with E-state index in [4.69, 9.17) is 5.26 Å². The number of hydrogen-bond donors (Lipinski definition) is 0. The Morgan fingerprint density at radius 2 is 2.00 bits per heavy atom. The minimum Gasteiger partial charge on any atom is -0.225 e. The summed E-state index contributed by atoms with van der Waals surface area (Å²) < 4.78 is 1.04. The number of rotatable bonds is 1. The fourth-order valence-corrected chi connectivity index (χ4v) is 2.35. The van der Waals surface area contributed by atoms with E-state index >= 15 is 0 Å². The van der Waals surface area contributed by atoms with E-state index in [2.05, 4.69) is 27.0 Å². The highest BCUT2D eigenvalue weighted by Gasteiger charge is 2.08. The smallest absolute Gasteiger partial charge is 0.155 e. The maximum Gasteiger partial charge on any atom is 0.155 e. The van der Waals surface area contributed by atoms with Crippen LogP contribution in [0.3, 0.4) is 0 Å². The van der Waals surface area contributed by atoms with Gasteiger partial charge in [-0.2, -0.15) is 5.26 Å². The quantitative estimate of drug-likeness (QED) is 0.797. The van der Waals surface area contributed by atoms with Crippen LogP contribution in [0.5, 0.6) is 0 Å². The van der Waals surface area contributed by atoms with Gasteiger partial charge in [0.2, 0.25) is 0 Å². The Morgan fingerprint density at radius 3 is 2.53 bits per heavy atom. The van der Waals surface area contributed by atoms with Gasteiger partial charge in [-0.25, -0.2) is 4.98 Å². The van der Waals surface area contributed by atoms with Crippen molar-refractivity contribution in [1.29, 1.82) is 5.26 Å². The molecule has 2 nitrogen and oxygen atoms in total. The number of nitriles is 1. The molecule has 0 bridgehead atoms. The molecule has 0 N–H and O–H groups in total. The lowest BCUT2D eigenvalue weighted by atomic mass is 10.2. The lowest BCUT2D eigenvalue weighted by Crippen LogP contribution is -1.78. The van der Waals surface area contributed by atoms with Gasteiger partial charge in [0.15, 0.2) is 5.69 Å². The monoisotopic (exact) mass is 278 g/mol. The summed E-state index contributed by atoms with van der Waals surface area (Å²) in [4.78, 5) is 5.24. The van der Waals surface area contributed by atoms with Crippen LogP contribution in [0.25, 0.3) is 10.6 Å². The van der Waals surface area contributed by atoms with Gasteiger partial charge in [0, 0.05) is 14.9 Å². The van der Waals surface area contributed by atoms with Crippen molar-refractivity contribution in [3.63, 3.8) is 0 Å². The first-order valence-corrected chi connectivity index (χ1v) is 5.95. The van der Waals surface area contributed by atoms with Gasteiger partial charge in [0.1, 0.15) is 11.1 Å². The van der Waals surface area contributed by atoms with Gasteiger partial charge in [0.25, 0.3) is 0 Å². The fourth-order valence-electron chi connectivity index (χ4n) is 1.22. The number of benzene rings is 1. The summed E-state index contributed by atoms with van der Waals surface area (Å²) in [6, 6.07) is 10.0. The number of aromatic nitrogens is 1. The SMILES string of the molecule is Cc1sc(-c2ccc(Br)cc2)nc1C#N. The second kappa shape index (κ2) is 4.13. The minimum absolute atomic E-state index is 0.526. The molecule has 15 heavy (non-hydrogen) atoms. The zero-order valence-corrected chi connectivity index (χ0v) is 10.4. The van der Waals surface area contributed by atoms with Gasteiger partial charge in [0.05, 0.1) is 0 Å². The number of thiazole rings is 1. The molecule has 1 aromatic carbocycles. The van der Waals surface area contributed by atoms with Gasteiger partial charge < -0.3 is 0 Å². The molecular weight excluding hydrogens is 272 g/mol. The molecular formula is C11H7BrN2S. The third-order valence-corrected chi connectivity index (χ3v) is 3.54. The average Bonchev–Trinajstić information content (AvgIpc) is 2.61. The largest absolute Gasteiger partial charge is 0.225 e. The van der Waals surface area contributed by atoms with E-state index in [1.54, 1.807) is 11.3 Å². The molecule has 2 rings (SSSR count). The van der Waals surface area contributed by atoms with E-state index in [0.717, 1.165) is 19.9 Å². The van der Waals surface area contributed by atoms with Crippen molar-refractivity contribution in [3.8, 4) is 16.6 Å². The highest BCUT2D eigenvalue weighted by atomic mass is 79.9. The Balaban J connectivity index is 2.46.